The van der Waals surface area contributed by atoms with Crippen molar-refractivity contribution >= 4 is 0 Å². The average molecular weight is 152 g/mol. The van der Waals surface area contributed by atoms with Crippen LogP contribution in [0.15, 0.2) is 0 Å². The van der Waals surface area contributed by atoms with Crippen LogP contribution in [0.4, 0.5) is 0 Å². The van der Waals surface area contributed by atoms with E-state index in [1.165, 1.54) is 12.8 Å². The average Bonchev–Trinajstić information content (AvgIpc) is 2.33. The van der Waals surface area contributed by atoms with E-state index in [1.54, 1.807) is 0 Å². The van der Waals surface area contributed by atoms with E-state index in [9.17, 15) is 5.11 Å². The summed E-state index contributed by atoms with van der Waals surface area (Å²) in [6, 6.07) is 0. The number of hydrogen-bond donors (Lipinski definition) is 1. The molecule has 0 aromatic carbocycles. The molecule has 1 N–H and O–H groups in total. The third kappa shape index (κ3) is 0.438. The monoisotopic (exact) mass is 152 g/mol. The van der Waals surface area contributed by atoms with Crippen LogP contribution in [0, 0.1) is 29.1 Å². The molecule has 0 amide bonds. The summed E-state index contributed by atoms with van der Waals surface area (Å²) < 4.78 is 0. The molecule has 4 rings (SSSR count). The van der Waals surface area contributed by atoms with Crippen LogP contribution in [-0.2, 0) is 0 Å². The minimum absolute atomic E-state index is 0.0671. The van der Waals surface area contributed by atoms with Crippen molar-refractivity contribution in [2.75, 3.05) is 0 Å². The standard InChI is InChI=1S/C10H16O/c1-5(2)10-7-3-6(9(10)11)4-8(7)10/h5-9,11H,3-4H2,1-2H3. The van der Waals surface area contributed by atoms with Gasteiger partial charge in [0.25, 0.3) is 0 Å². The highest BCUT2D eigenvalue weighted by Crippen LogP contribution is 2.81. The van der Waals surface area contributed by atoms with Gasteiger partial charge in [-0.25, -0.2) is 0 Å². The first kappa shape index (κ1) is 6.47. The number of hydrogen-bond acceptors (Lipinski definition) is 1. The minimum atomic E-state index is 0.0671. The van der Waals surface area contributed by atoms with Crippen LogP contribution in [0.1, 0.15) is 26.7 Å². The smallest absolute Gasteiger partial charge is 0.0632 e. The summed E-state index contributed by atoms with van der Waals surface area (Å²) in [5, 5.41) is 9.97. The molecule has 4 aliphatic rings. The summed E-state index contributed by atoms with van der Waals surface area (Å²) in [6.45, 7) is 4.56. The summed E-state index contributed by atoms with van der Waals surface area (Å²) in [4.78, 5) is 0. The highest BCUT2D eigenvalue weighted by atomic mass is 16.3. The first-order valence-corrected chi connectivity index (χ1v) is 4.87. The Morgan fingerprint density at radius 3 is 2.00 bits per heavy atom. The van der Waals surface area contributed by atoms with Gasteiger partial charge in [-0.2, -0.15) is 0 Å². The largest absolute Gasteiger partial charge is 0.392 e. The van der Waals surface area contributed by atoms with E-state index in [1.807, 2.05) is 0 Å². The fraction of sp³-hybridized carbons (Fsp3) is 1.00. The van der Waals surface area contributed by atoms with Gasteiger partial charge in [0.1, 0.15) is 0 Å². The maximum absolute atomic E-state index is 9.97. The van der Waals surface area contributed by atoms with Crippen LogP contribution in [0.2, 0.25) is 0 Å². The molecule has 0 heterocycles. The third-order valence-corrected chi connectivity index (χ3v) is 4.73. The van der Waals surface area contributed by atoms with Crippen LogP contribution >= 0.6 is 0 Å². The first-order valence-electron chi connectivity index (χ1n) is 4.87. The van der Waals surface area contributed by atoms with Crippen LogP contribution < -0.4 is 0 Å². The van der Waals surface area contributed by atoms with Crippen LogP contribution in [0.3, 0.4) is 0 Å². The van der Waals surface area contributed by atoms with Crippen molar-refractivity contribution in [2.45, 2.75) is 32.8 Å². The normalized spacial score (nSPS) is 64.4. The van der Waals surface area contributed by atoms with Crippen LogP contribution in [-0.4, -0.2) is 11.2 Å². The second-order valence-corrected chi connectivity index (χ2v) is 5.04. The zero-order valence-electron chi connectivity index (χ0n) is 7.25. The zero-order valence-corrected chi connectivity index (χ0v) is 7.25. The predicted molar refractivity (Wildman–Crippen MR) is 43.0 cm³/mol. The Hall–Kier alpha value is -0.0400. The Morgan fingerprint density at radius 2 is 1.82 bits per heavy atom. The highest BCUT2D eigenvalue weighted by molar-refractivity contribution is 5.27. The van der Waals surface area contributed by atoms with Crippen molar-refractivity contribution in [3.05, 3.63) is 0 Å². The van der Waals surface area contributed by atoms with Crippen molar-refractivity contribution < 1.29 is 5.11 Å². The van der Waals surface area contributed by atoms with E-state index in [4.69, 9.17) is 0 Å². The number of aliphatic hydroxyl groups is 1. The molecule has 0 spiro atoms. The van der Waals surface area contributed by atoms with Gasteiger partial charge in [-0.1, -0.05) is 13.8 Å². The first-order chi connectivity index (χ1) is 5.19. The lowest BCUT2D eigenvalue weighted by atomic mass is 9.88. The van der Waals surface area contributed by atoms with Gasteiger partial charge >= 0.3 is 0 Å². The summed E-state index contributed by atoms with van der Waals surface area (Å²) in [6.07, 6.45) is 2.74. The lowest BCUT2D eigenvalue weighted by molar-refractivity contribution is 0.0648. The van der Waals surface area contributed by atoms with Gasteiger partial charge in [0.2, 0.25) is 0 Å². The molecule has 0 radical (unpaired) electrons. The van der Waals surface area contributed by atoms with Gasteiger partial charge in [0.05, 0.1) is 6.10 Å². The van der Waals surface area contributed by atoms with Gasteiger partial charge in [-0.15, -0.1) is 0 Å². The molecule has 0 aliphatic heterocycles. The molecule has 11 heavy (non-hydrogen) atoms. The molecule has 62 valence electrons. The van der Waals surface area contributed by atoms with E-state index < -0.39 is 0 Å². The minimum Gasteiger partial charge on any atom is -0.392 e. The highest BCUT2D eigenvalue weighted by Gasteiger charge is 2.79. The third-order valence-electron chi connectivity index (χ3n) is 4.73. The van der Waals surface area contributed by atoms with Crippen molar-refractivity contribution in [3.63, 3.8) is 0 Å². The van der Waals surface area contributed by atoms with Crippen molar-refractivity contribution in [3.8, 4) is 0 Å². The Morgan fingerprint density at radius 1 is 1.27 bits per heavy atom. The summed E-state index contributed by atoms with van der Waals surface area (Å²) >= 11 is 0. The molecule has 3 atom stereocenters. The molecule has 0 aromatic heterocycles. The molecule has 4 fully saturated rings. The molecule has 1 heteroatoms. The Bertz CT molecular complexity index is 197. The molecule has 0 aromatic rings. The van der Waals surface area contributed by atoms with E-state index in [0.29, 0.717) is 17.3 Å². The van der Waals surface area contributed by atoms with Crippen molar-refractivity contribution in [1.82, 2.24) is 0 Å². The Balaban J connectivity index is 2.03. The van der Waals surface area contributed by atoms with E-state index in [-0.39, 0.29) is 6.10 Å². The zero-order chi connectivity index (χ0) is 7.80. The second-order valence-electron chi connectivity index (χ2n) is 5.04. The molecular weight excluding hydrogens is 136 g/mol. The van der Waals surface area contributed by atoms with E-state index in [2.05, 4.69) is 13.8 Å². The molecule has 3 unspecified atom stereocenters. The second kappa shape index (κ2) is 1.52. The van der Waals surface area contributed by atoms with Crippen molar-refractivity contribution in [2.24, 2.45) is 29.1 Å². The fourth-order valence-electron chi connectivity index (χ4n) is 4.38. The Labute approximate surface area is 67.8 Å². The van der Waals surface area contributed by atoms with Gasteiger partial charge in [0.15, 0.2) is 0 Å². The fourth-order valence-corrected chi connectivity index (χ4v) is 4.38. The van der Waals surface area contributed by atoms with Gasteiger partial charge < -0.3 is 5.11 Å². The maximum atomic E-state index is 9.97. The molecule has 4 bridgehead atoms. The quantitative estimate of drug-likeness (QED) is 0.606. The SMILES string of the molecule is CC(C)C12C(O)C3CC1C2C3. The predicted octanol–water partition coefficient (Wildman–Crippen LogP) is 1.66. The van der Waals surface area contributed by atoms with Gasteiger partial charge in [-0.05, 0) is 36.5 Å². The topological polar surface area (TPSA) is 20.2 Å². The number of rotatable bonds is 1. The molecule has 4 aliphatic carbocycles. The van der Waals surface area contributed by atoms with E-state index >= 15 is 0 Å². The lowest BCUT2D eigenvalue weighted by Gasteiger charge is -2.21. The lowest BCUT2D eigenvalue weighted by Crippen LogP contribution is -2.25. The molecule has 1 nitrogen and oxygen atoms in total. The maximum Gasteiger partial charge on any atom is 0.0632 e. The van der Waals surface area contributed by atoms with Gasteiger partial charge in [0, 0.05) is 5.41 Å². The molecule has 4 saturated carbocycles. The Kier molecular flexibility index (Phi) is 0.893. The van der Waals surface area contributed by atoms with Crippen molar-refractivity contribution in [1.29, 1.82) is 0 Å². The number of aliphatic hydroxyl groups excluding tert-OH is 1. The summed E-state index contributed by atoms with van der Waals surface area (Å²) in [5.41, 5.74) is 0.407. The molecule has 0 saturated heterocycles. The van der Waals surface area contributed by atoms with Crippen LogP contribution in [0.25, 0.3) is 0 Å². The summed E-state index contributed by atoms with van der Waals surface area (Å²) in [5.74, 6) is 3.23. The van der Waals surface area contributed by atoms with E-state index in [0.717, 1.165) is 11.8 Å². The van der Waals surface area contributed by atoms with Crippen LogP contribution in [0.5, 0.6) is 0 Å². The molecular formula is C10H16O. The summed E-state index contributed by atoms with van der Waals surface area (Å²) in [7, 11) is 0. The van der Waals surface area contributed by atoms with Gasteiger partial charge in [-0.3, -0.25) is 0 Å².